The largest absolute Gasteiger partial charge is 0.465 e. The number of amides is 1. The Morgan fingerprint density at radius 2 is 2.14 bits per heavy atom. The second kappa shape index (κ2) is 5.50. The van der Waals surface area contributed by atoms with Gasteiger partial charge in [0.25, 0.3) is 0 Å². The zero-order chi connectivity index (χ0) is 10.4. The molecule has 1 aromatic carbocycles. The van der Waals surface area contributed by atoms with Crippen LogP contribution >= 0.6 is 21.2 Å². The highest BCUT2D eigenvalue weighted by atomic mass is 127. The van der Waals surface area contributed by atoms with Crippen LogP contribution in [0.2, 0.25) is 0 Å². The van der Waals surface area contributed by atoms with Crippen molar-refractivity contribution in [2.75, 3.05) is 0 Å². The summed E-state index contributed by atoms with van der Waals surface area (Å²) in [6.07, 6.45) is 4.15. The fourth-order valence-electron chi connectivity index (χ4n) is 0.822. The molecule has 0 saturated carbocycles. The molecule has 0 bridgehead atoms. The van der Waals surface area contributed by atoms with Gasteiger partial charge in [-0.25, -0.2) is 4.79 Å². The summed E-state index contributed by atoms with van der Waals surface area (Å²) in [5.74, 6) is 2.44. The van der Waals surface area contributed by atoms with Gasteiger partial charge in [0.15, 0.2) is 0 Å². The number of nitrogens with one attached hydrogen (secondary N) is 1. The van der Waals surface area contributed by atoms with E-state index in [1.54, 1.807) is 0 Å². The van der Waals surface area contributed by atoms with Crippen molar-refractivity contribution in [3.63, 3.8) is 0 Å². The quantitative estimate of drug-likeness (QED) is 0.388. The SMILES string of the molecule is C#CC(NC(=O)O)[I]c1ccccc1. The van der Waals surface area contributed by atoms with Crippen LogP contribution in [0, 0.1) is 15.9 Å². The predicted octanol–water partition coefficient (Wildman–Crippen LogP) is 2.05. The van der Waals surface area contributed by atoms with Crippen molar-refractivity contribution in [1.82, 2.24) is 5.32 Å². The molecule has 0 saturated heterocycles. The molecular formula is C10H9INO2. The first-order valence-electron chi connectivity index (χ1n) is 3.86. The number of carboxylic acid groups (broad SMARTS) is 1. The third-order valence-electron chi connectivity index (χ3n) is 1.36. The van der Waals surface area contributed by atoms with Crippen molar-refractivity contribution < 1.29 is 9.90 Å². The van der Waals surface area contributed by atoms with Gasteiger partial charge in [-0.05, 0) is 12.1 Å². The van der Waals surface area contributed by atoms with Crippen LogP contribution in [-0.4, -0.2) is 15.2 Å². The Kier molecular flexibility index (Phi) is 4.26. The molecule has 14 heavy (non-hydrogen) atoms. The fourth-order valence-corrected chi connectivity index (χ4v) is 2.97. The van der Waals surface area contributed by atoms with E-state index in [2.05, 4.69) is 11.2 Å². The van der Waals surface area contributed by atoms with Gasteiger partial charge >= 0.3 is 6.09 Å². The van der Waals surface area contributed by atoms with E-state index in [0.29, 0.717) is 0 Å². The molecule has 1 amide bonds. The molecule has 0 heterocycles. The van der Waals surface area contributed by atoms with E-state index in [1.165, 1.54) is 0 Å². The molecule has 0 aliphatic heterocycles. The van der Waals surface area contributed by atoms with Crippen LogP contribution < -0.4 is 5.32 Å². The smallest absolute Gasteiger partial charge is 0.406 e. The molecule has 0 spiro atoms. The van der Waals surface area contributed by atoms with Crippen molar-refractivity contribution in [2.45, 2.75) is 4.05 Å². The number of benzene rings is 1. The van der Waals surface area contributed by atoms with Crippen molar-refractivity contribution in [3.05, 3.63) is 33.9 Å². The van der Waals surface area contributed by atoms with Crippen LogP contribution in [-0.2, 0) is 0 Å². The number of hydrogen-bond donors (Lipinski definition) is 2. The lowest BCUT2D eigenvalue weighted by Gasteiger charge is -2.09. The van der Waals surface area contributed by atoms with Gasteiger partial charge in [-0.3, -0.25) is 5.32 Å². The van der Waals surface area contributed by atoms with Crippen LogP contribution in [0.3, 0.4) is 0 Å². The Morgan fingerprint density at radius 1 is 1.50 bits per heavy atom. The molecule has 3 nitrogen and oxygen atoms in total. The Morgan fingerprint density at radius 3 is 2.64 bits per heavy atom. The predicted molar refractivity (Wildman–Crippen MR) is 62.9 cm³/mol. The highest BCUT2D eigenvalue weighted by Gasteiger charge is 2.08. The minimum atomic E-state index is -1.07. The summed E-state index contributed by atoms with van der Waals surface area (Å²) in [5.41, 5.74) is 0. The van der Waals surface area contributed by atoms with E-state index in [0.717, 1.165) is 3.57 Å². The minimum Gasteiger partial charge on any atom is -0.465 e. The summed E-state index contributed by atoms with van der Waals surface area (Å²) < 4.78 is 0.775. The number of terminal acetylenes is 1. The van der Waals surface area contributed by atoms with E-state index in [-0.39, 0.29) is 4.05 Å². The van der Waals surface area contributed by atoms with E-state index in [4.69, 9.17) is 11.5 Å². The maximum Gasteiger partial charge on any atom is 0.406 e. The van der Waals surface area contributed by atoms with Crippen LogP contribution in [0.25, 0.3) is 0 Å². The zero-order valence-electron chi connectivity index (χ0n) is 7.27. The number of hydrogen-bond acceptors (Lipinski definition) is 1. The molecule has 0 aliphatic rings. The second-order valence-electron chi connectivity index (χ2n) is 2.38. The monoisotopic (exact) mass is 302 g/mol. The maximum atomic E-state index is 10.4. The Bertz CT molecular complexity index is 345. The fraction of sp³-hybridized carbons (Fsp3) is 0.100. The summed E-state index contributed by atoms with van der Waals surface area (Å²) in [6, 6.07) is 9.68. The molecule has 1 rings (SSSR count). The van der Waals surface area contributed by atoms with Gasteiger partial charge in [0.2, 0.25) is 0 Å². The van der Waals surface area contributed by atoms with Crippen molar-refractivity contribution >= 4 is 27.3 Å². The normalized spacial score (nSPS) is 11.4. The van der Waals surface area contributed by atoms with Gasteiger partial charge in [0.05, 0.1) is 0 Å². The Labute approximate surface area is 92.8 Å². The van der Waals surface area contributed by atoms with Gasteiger partial charge in [0, 0.05) is 3.57 Å². The van der Waals surface area contributed by atoms with Crippen LogP contribution in [0.4, 0.5) is 4.79 Å². The van der Waals surface area contributed by atoms with Crippen LogP contribution in [0.5, 0.6) is 0 Å². The second-order valence-corrected chi connectivity index (χ2v) is 5.50. The highest BCUT2D eigenvalue weighted by molar-refractivity contribution is 14.2. The first-order valence-corrected chi connectivity index (χ1v) is 6.19. The summed E-state index contributed by atoms with van der Waals surface area (Å²) in [5, 5.41) is 10.8. The third-order valence-corrected chi connectivity index (χ3v) is 4.10. The lowest BCUT2D eigenvalue weighted by atomic mass is 10.4. The molecule has 4 heteroatoms. The summed E-state index contributed by atoms with van der Waals surface area (Å²) in [6.45, 7) is 0. The summed E-state index contributed by atoms with van der Waals surface area (Å²) in [7, 11) is 0. The van der Waals surface area contributed by atoms with E-state index in [1.807, 2.05) is 30.3 Å². The lowest BCUT2D eigenvalue weighted by Crippen LogP contribution is -2.28. The molecule has 1 aromatic rings. The molecule has 1 unspecified atom stereocenters. The lowest BCUT2D eigenvalue weighted by molar-refractivity contribution is 0.195. The molecule has 0 aromatic heterocycles. The molecule has 1 atom stereocenters. The van der Waals surface area contributed by atoms with E-state index < -0.39 is 27.3 Å². The van der Waals surface area contributed by atoms with Crippen LogP contribution in [0.1, 0.15) is 0 Å². The van der Waals surface area contributed by atoms with Crippen molar-refractivity contribution in [3.8, 4) is 12.3 Å². The molecule has 73 valence electrons. The molecule has 0 fully saturated rings. The third kappa shape index (κ3) is 3.66. The number of halogens is 1. The van der Waals surface area contributed by atoms with E-state index in [9.17, 15) is 4.79 Å². The van der Waals surface area contributed by atoms with E-state index >= 15 is 0 Å². The number of carbonyl (C=O) groups is 1. The number of alkyl halides is 1. The first kappa shape index (κ1) is 10.9. The minimum absolute atomic E-state index is 0.353. The average molecular weight is 302 g/mol. The zero-order valence-corrected chi connectivity index (χ0v) is 9.43. The molecule has 1 radical (unpaired) electrons. The van der Waals surface area contributed by atoms with Crippen molar-refractivity contribution in [2.24, 2.45) is 0 Å². The van der Waals surface area contributed by atoms with Gasteiger partial charge in [-0.1, -0.05) is 45.3 Å². The summed E-state index contributed by atoms with van der Waals surface area (Å²) in [4.78, 5) is 10.4. The van der Waals surface area contributed by atoms with Gasteiger partial charge in [-0.2, -0.15) is 0 Å². The summed E-state index contributed by atoms with van der Waals surface area (Å²) >= 11 is -0.501. The first-order chi connectivity index (χ1) is 6.72. The van der Waals surface area contributed by atoms with Gasteiger partial charge in [-0.15, -0.1) is 6.42 Å². The van der Waals surface area contributed by atoms with Crippen molar-refractivity contribution in [1.29, 1.82) is 0 Å². The topological polar surface area (TPSA) is 49.3 Å². The maximum absolute atomic E-state index is 10.4. The standard InChI is InChI=1S/C10H9INO2/c1-2-9(12-10(13)14)11-8-6-4-3-5-7-8/h1,3-7,9,12H,(H,13,14). The van der Waals surface area contributed by atoms with Gasteiger partial charge < -0.3 is 5.11 Å². The van der Waals surface area contributed by atoms with Gasteiger partial charge in [0.1, 0.15) is 4.05 Å². The molecule has 0 aliphatic carbocycles. The molecular weight excluding hydrogens is 293 g/mol. The number of rotatable bonds is 3. The van der Waals surface area contributed by atoms with Crippen LogP contribution in [0.15, 0.2) is 30.3 Å². The molecule has 2 N–H and O–H groups in total. The average Bonchev–Trinajstić information content (AvgIpc) is 2.17. The Hall–Kier alpha value is -1.22. The highest BCUT2D eigenvalue weighted by Crippen LogP contribution is 2.24. The Balaban J connectivity index is 2.58.